The zero-order chi connectivity index (χ0) is 19.5. The van der Waals surface area contributed by atoms with Crippen LogP contribution in [0.25, 0.3) is 0 Å². The lowest BCUT2D eigenvalue weighted by atomic mass is 9.77. The van der Waals surface area contributed by atoms with Gasteiger partial charge in [0.25, 0.3) is 0 Å². The average molecular weight is 360 g/mol. The summed E-state index contributed by atoms with van der Waals surface area (Å²) in [6.45, 7) is 9.14. The van der Waals surface area contributed by atoms with Gasteiger partial charge in [-0.25, -0.2) is 0 Å². The molecule has 1 heterocycles. The highest BCUT2D eigenvalue weighted by Gasteiger charge is 2.49. The van der Waals surface area contributed by atoms with Crippen LogP contribution < -0.4 is 0 Å². The van der Waals surface area contributed by atoms with E-state index in [4.69, 9.17) is 9.47 Å². The van der Waals surface area contributed by atoms with Crippen LogP contribution in [0.5, 0.6) is 0 Å². The first-order chi connectivity index (χ1) is 12.2. The van der Waals surface area contributed by atoms with Gasteiger partial charge >= 0.3 is 5.97 Å². The molecule has 1 N–H and O–H groups in total. The molecule has 3 atom stereocenters. The van der Waals surface area contributed by atoms with Crippen molar-refractivity contribution in [3.05, 3.63) is 46.8 Å². The predicted octanol–water partition coefficient (Wildman–Crippen LogP) is 3.40. The summed E-state index contributed by atoms with van der Waals surface area (Å²) in [5.41, 5.74) is 0.792. The summed E-state index contributed by atoms with van der Waals surface area (Å²) in [6.07, 6.45) is 8.07. The molecule has 5 nitrogen and oxygen atoms in total. The van der Waals surface area contributed by atoms with Crippen LogP contribution in [0.2, 0.25) is 0 Å². The lowest BCUT2D eigenvalue weighted by Crippen LogP contribution is -2.54. The SMILES string of the molecule is CC[C@H](C)/C=C(C)/C=C/C1=CC2=C(CO1)C(=O)[C@@](C)(OC(C)=O)[C@@H](O)C2. The van der Waals surface area contributed by atoms with Gasteiger partial charge in [0.1, 0.15) is 18.5 Å². The molecule has 0 aromatic heterocycles. The highest BCUT2D eigenvalue weighted by Crippen LogP contribution is 2.36. The largest absolute Gasteiger partial charge is 0.489 e. The second kappa shape index (κ2) is 8.04. The van der Waals surface area contributed by atoms with Crippen LogP contribution >= 0.6 is 0 Å². The van der Waals surface area contributed by atoms with Crippen LogP contribution in [0.1, 0.15) is 47.5 Å². The van der Waals surface area contributed by atoms with Crippen molar-refractivity contribution >= 4 is 11.8 Å². The van der Waals surface area contributed by atoms with Crippen LogP contribution in [0, 0.1) is 5.92 Å². The van der Waals surface area contributed by atoms with E-state index in [0.29, 0.717) is 17.3 Å². The van der Waals surface area contributed by atoms with Crippen molar-refractivity contribution in [1.82, 2.24) is 0 Å². The Morgan fingerprint density at radius 1 is 1.50 bits per heavy atom. The van der Waals surface area contributed by atoms with Crippen LogP contribution in [0.4, 0.5) is 0 Å². The fourth-order valence-electron chi connectivity index (χ4n) is 3.14. The van der Waals surface area contributed by atoms with Gasteiger partial charge in [-0.1, -0.05) is 38.0 Å². The van der Waals surface area contributed by atoms with E-state index < -0.39 is 23.5 Å². The second-order valence-electron chi connectivity index (χ2n) is 7.22. The summed E-state index contributed by atoms with van der Waals surface area (Å²) in [5, 5.41) is 10.4. The van der Waals surface area contributed by atoms with Crippen molar-refractivity contribution in [2.45, 2.75) is 59.2 Å². The maximum atomic E-state index is 12.7. The zero-order valence-corrected chi connectivity index (χ0v) is 16.2. The lowest BCUT2D eigenvalue weighted by molar-refractivity contribution is -0.175. The monoisotopic (exact) mass is 360 g/mol. The number of hydrogen-bond acceptors (Lipinski definition) is 5. The summed E-state index contributed by atoms with van der Waals surface area (Å²) >= 11 is 0. The number of carbonyl (C=O) groups is 2. The molecule has 0 spiro atoms. The van der Waals surface area contributed by atoms with Crippen LogP contribution in [-0.2, 0) is 19.1 Å². The Morgan fingerprint density at radius 3 is 2.81 bits per heavy atom. The van der Waals surface area contributed by atoms with E-state index >= 15 is 0 Å². The maximum absolute atomic E-state index is 12.7. The molecule has 0 saturated carbocycles. The number of allylic oxidation sites excluding steroid dienone is 5. The van der Waals surface area contributed by atoms with Crippen molar-refractivity contribution in [2.75, 3.05) is 6.61 Å². The maximum Gasteiger partial charge on any atom is 0.303 e. The van der Waals surface area contributed by atoms with E-state index in [9.17, 15) is 14.7 Å². The van der Waals surface area contributed by atoms with E-state index in [2.05, 4.69) is 19.9 Å². The standard InChI is InChI=1S/C21H28O5/c1-6-13(2)9-14(3)7-8-17-10-16-11-19(23)21(5,26-15(4)22)20(24)18(16)12-25-17/h7-10,13,19,23H,6,11-12H2,1-5H3/b8-7+,14-9+/t13-,19-,21-/m0/s1. The number of Topliss-reactive ketones (excluding diaryl/α,β-unsaturated/α-hetero) is 1. The summed E-state index contributed by atoms with van der Waals surface area (Å²) in [6, 6.07) is 0. The summed E-state index contributed by atoms with van der Waals surface area (Å²) in [5.74, 6) is 0.175. The molecule has 0 unspecified atom stereocenters. The minimum absolute atomic E-state index is 0.113. The molecule has 1 aliphatic carbocycles. The third-order valence-corrected chi connectivity index (χ3v) is 4.92. The van der Waals surface area contributed by atoms with Gasteiger partial charge in [-0.05, 0) is 37.5 Å². The number of esters is 1. The van der Waals surface area contributed by atoms with E-state index in [-0.39, 0.29) is 13.0 Å². The van der Waals surface area contributed by atoms with Crippen molar-refractivity contribution in [3.63, 3.8) is 0 Å². The molecule has 0 aromatic carbocycles. The molecule has 0 radical (unpaired) electrons. The first-order valence-electron chi connectivity index (χ1n) is 9.02. The molecule has 142 valence electrons. The molecular formula is C21H28O5. The van der Waals surface area contributed by atoms with Gasteiger partial charge in [0.05, 0.1) is 0 Å². The number of ether oxygens (including phenoxy) is 2. The third kappa shape index (κ3) is 4.33. The van der Waals surface area contributed by atoms with Gasteiger partial charge in [-0.15, -0.1) is 0 Å². The highest BCUT2D eigenvalue weighted by molar-refractivity contribution is 6.05. The van der Waals surface area contributed by atoms with E-state index in [1.54, 1.807) is 6.08 Å². The zero-order valence-electron chi connectivity index (χ0n) is 16.2. The average Bonchev–Trinajstić information content (AvgIpc) is 2.57. The molecule has 0 fully saturated rings. The third-order valence-electron chi connectivity index (χ3n) is 4.92. The Hall–Kier alpha value is -2.14. The van der Waals surface area contributed by atoms with E-state index in [1.807, 2.05) is 19.1 Å². The number of aliphatic hydroxyl groups is 1. The Kier molecular flexibility index (Phi) is 6.24. The predicted molar refractivity (Wildman–Crippen MR) is 99.2 cm³/mol. The van der Waals surface area contributed by atoms with Gasteiger partial charge < -0.3 is 14.6 Å². The molecule has 0 amide bonds. The Labute approximate surface area is 155 Å². The fraction of sp³-hybridized carbons (Fsp3) is 0.524. The number of aliphatic hydroxyl groups excluding tert-OH is 1. The van der Waals surface area contributed by atoms with Gasteiger partial charge in [0.15, 0.2) is 5.60 Å². The summed E-state index contributed by atoms with van der Waals surface area (Å²) in [7, 11) is 0. The normalized spacial score (nSPS) is 27.8. The molecular weight excluding hydrogens is 332 g/mol. The number of ketones is 1. The van der Waals surface area contributed by atoms with Crippen molar-refractivity contribution in [2.24, 2.45) is 5.92 Å². The van der Waals surface area contributed by atoms with Gasteiger partial charge in [0.2, 0.25) is 5.78 Å². The van der Waals surface area contributed by atoms with E-state index in [1.165, 1.54) is 13.8 Å². The minimum Gasteiger partial charge on any atom is -0.489 e. The smallest absolute Gasteiger partial charge is 0.303 e. The Balaban J connectivity index is 2.23. The first-order valence-corrected chi connectivity index (χ1v) is 9.02. The molecule has 2 aliphatic rings. The summed E-state index contributed by atoms with van der Waals surface area (Å²) < 4.78 is 10.8. The quantitative estimate of drug-likeness (QED) is 0.601. The van der Waals surface area contributed by atoms with Crippen molar-refractivity contribution in [3.8, 4) is 0 Å². The number of hydrogen-bond donors (Lipinski definition) is 1. The molecule has 0 bridgehead atoms. The van der Waals surface area contributed by atoms with Crippen molar-refractivity contribution in [1.29, 1.82) is 0 Å². The second-order valence-corrected chi connectivity index (χ2v) is 7.22. The molecule has 5 heteroatoms. The Bertz CT molecular complexity index is 710. The molecule has 0 saturated heterocycles. The van der Waals surface area contributed by atoms with Crippen LogP contribution in [0.3, 0.4) is 0 Å². The van der Waals surface area contributed by atoms with Gasteiger partial charge in [-0.3, -0.25) is 9.59 Å². The van der Waals surface area contributed by atoms with Crippen LogP contribution in [-0.4, -0.2) is 35.2 Å². The van der Waals surface area contributed by atoms with Gasteiger partial charge in [0, 0.05) is 18.9 Å². The number of carbonyl (C=O) groups excluding carboxylic acids is 2. The highest BCUT2D eigenvalue weighted by atomic mass is 16.6. The van der Waals surface area contributed by atoms with Crippen molar-refractivity contribution < 1.29 is 24.2 Å². The molecule has 26 heavy (non-hydrogen) atoms. The topological polar surface area (TPSA) is 72.8 Å². The minimum atomic E-state index is -1.55. The Morgan fingerprint density at radius 2 is 2.19 bits per heavy atom. The lowest BCUT2D eigenvalue weighted by Gasteiger charge is -2.38. The molecule has 0 aromatic rings. The number of rotatable bonds is 5. The molecule has 1 aliphatic heterocycles. The van der Waals surface area contributed by atoms with Gasteiger partial charge in [-0.2, -0.15) is 0 Å². The summed E-state index contributed by atoms with van der Waals surface area (Å²) in [4.78, 5) is 24.0. The first kappa shape index (κ1) is 20.2. The molecule has 2 rings (SSSR count). The van der Waals surface area contributed by atoms with E-state index in [0.717, 1.165) is 17.6 Å². The van der Waals surface area contributed by atoms with Crippen LogP contribution in [0.15, 0.2) is 46.8 Å². The fourth-order valence-corrected chi connectivity index (χ4v) is 3.14.